The lowest BCUT2D eigenvalue weighted by atomic mass is 10.2. The summed E-state index contributed by atoms with van der Waals surface area (Å²) < 4.78 is 30.9. The highest BCUT2D eigenvalue weighted by atomic mass is 19.1. The molecule has 0 aliphatic carbocycles. The average molecular weight is 323 g/mol. The first kappa shape index (κ1) is 16.1. The summed E-state index contributed by atoms with van der Waals surface area (Å²) in [6, 6.07) is 5.36. The van der Waals surface area contributed by atoms with Gasteiger partial charge in [-0.25, -0.2) is 8.78 Å². The van der Waals surface area contributed by atoms with Gasteiger partial charge in [-0.15, -0.1) is 0 Å². The maximum absolute atomic E-state index is 13.0. The minimum Gasteiger partial charge on any atom is -0.467 e. The second kappa shape index (κ2) is 7.16. The largest absolute Gasteiger partial charge is 0.467 e. The molecule has 9 heteroatoms. The highest BCUT2D eigenvalue weighted by Gasteiger charge is 2.15. The van der Waals surface area contributed by atoms with Gasteiger partial charge in [-0.1, -0.05) is 0 Å². The molecule has 3 N–H and O–H groups in total. The van der Waals surface area contributed by atoms with Crippen LogP contribution in [0, 0.1) is 11.6 Å². The molecule has 2 rings (SSSR count). The summed E-state index contributed by atoms with van der Waals surface area (Å²) >= 11 is 0. The Hall–Kier alpha value is -3.23. The molecule has 1 aromatic carbocycles. The standard InChI is InChI=1S/C14H11F2N3O4/c15-9-4-8(5-10(16)6-9)12(20)18-19-14(22)13(21)17-7-11-2-1-3-23-11/h1-6H,7H2,(H,17,21)(H,18,20)(H,19,22). The summed E-state index contributed by atoms with van der Waals surface area (Å²) in [7, 11) is 0. The minimum atomic E-state index is -1.15. The molecule has 2 aromatic rings. The zero-order chi connectivity index (χ0) is 16.8. The summed E-state index contributed by atoms with van der Waals surface area (Å²) in [6.45, 7) is -0.0116. The molecule has 120 valence electrons. The van der Waals surface area contributed by atoms with Crippen LogP contribution in [0.15, 0.2) is 41.0 Å². The number of furan rings is 1. The van der Waals surface area contributed by atoms with Crippen LogP contribution in [-0.2, 0) is 16.1 Å². The number of rotatable bonds is 3. The number of halogens is 2. The monoisotopic (exact) mass is 323 g/mol. The van der Waals surface area contributed by atoms with Gasteiger partial charge in [0.1, 0.15) is 17.4 Å². The van der Waals surface area contributed by atoms with E-state index < -0.39 is 29.4 Å². The second-order valence-electron chi connectivity index (χ2n) is 4.33. The Morgan fingerprint density at radius 2 is 1.70 bits per heavy atom. The SMILES string of the molecule is O=C(NCc1ccco1)C(=O)NNC(=O)c1cc(F)cc(F)c1. The lowest BCUT2D eigenvalue weighted by Crippen LogP contribution is -2.48. The normalized spacial score (nSPS) is 10.0. The number of nitrogens with one attached hydrogen (secondary N) is 3. The Bertz CT molecular complexity index is 711. The molecule has 23 heavy (non-hydrogen) atoms. The molecule has 0 saturated heterocycles. The van der Waals surface area contributed by atoms with Crippen molar-refractivity contribution in [3.63, 3.8) is 0 Å². The third-order valence-electron chi connectivity index (χ3n) is 2.62. The van der Waals surface area contributed by atoms with Crippen LogP contribution in [0.1, 0.15) is 16.1 Å². The topological polar surface area (TPSA) is 100 Å². The van der Waals surface area contributed by atoms with E-state index in [0.717, 1.165) is 12.1 Å². The van der Waals surface area contributed by atoms with Gasteiger partial charge in [-0.3, -0.25) is 25.2 Å². The molecule has 0 atom stereocenters. The van der Waals surface area contributed by atoms with Crippen molar-refractivity contribution in [1.29, 1.82) is 0 Å². The van der Waals surface area contributed by atoms with E-state index in [1.54, 1.807) is 12.1 Å². The smallest absolute Gasteiger partial charge is 0.327 e. The van der Waals surface area contributed by atoms with Crippen molar-refractivity contribution in [2.75, 3.05) is 0 Å². The van der Waals surface area contributed by atoms with Crippen molar-refractivity contribution in [3.8, 4) is 0 Å². The Labute approximate surface area is 128 Å². The van der Waals surface area contributed by atoms with Crippen molar-refractivity contribution < 1.29 is 27.6 Å². The van der Waals surface area contributed by atoms with Crippen LogP contribution in [0.3, 0.4) is 0 Å². The summed E-state index contributed by atoms with van der Waals surface area (Å²) in [5, 5.41) is 2.25. The number of amides is 3. The van der Waals surface area contributed by atoms with Crippen LogP contribution in [-0.4, -0.2) is 17.7 Å². The van der Waals surface area contributed by atoms with Crippen LogP contribution >= 0.6 is 0 Å². The third kappa shape index (κ3) is 4.63. The fraction of sp³-hybridized carbons (Fsp3) is 0.0714. The molecule has 0 aliphatic rings. The zero-order valence-electron chi connectivity index (χ0n) is 11.6. The number of hydrazine groups is 1. The van der Waals surface area contributed by atoms with E-state index >= 15 is 0 Å². The Kier molecular flexibility index (Phi) is 5.03. The van der Waals surface area contributed by atoms with Gasteiger partial charge in [0, 0.05) is 11.6 Å². The van der Waals surface area contributed by atoms with Crippen LogP contribution in [0.5, 0.6) is 0 Å². The van der Waals surface area contributed by atoms with Crippen molar-refractivity contribution in [2.24, 2.45) is 0 Å². The average Bonchev–Trinajstić information content (AvgIpc) is 3.02. The van der Waals surface area contributed by atoms with Crippen LogP contribution in [0.4, 0.5) is 8.78 Å². The van der Waals surface area contributed by atoms with Gasteiger partial charge in [0.2, 0.25) is 0 Å². The molecule has 0 aliphatic heterocycles. The van der Waals surface area contributed by atoms with Crippen LogP contribution < -0.4 is 16.2 Å². The van der Waals surface area contributed by atoms with Gasteiger partial charge in [-0.05, 0) is 24.3 Å². The van der Waals surface area contributed by atoms with E-state index in [-0.39, 0.29) is 12.1 Å². The van der Waals surface area contributed by atoms with Crippen molar-refractivity contribution in [1.82, 2.24) is 16.2 Å². The van der Waals surface area contributed by atoms with Gasteiger partial charge in [0.25, 0.3) is 5.91 Å². The molecule has 0 unspecified atom stereocenters. The van der Waals surface area contributed by atoms with Gasteiger partial charge in [0.05, 0.1) is 12.8 Å². The third-order valence-corrected chi connectivity index (χ3v) is 2.62. The maximum Gasteiger partial charge on any atom is 0.327 e. The van der Waals surface area contributed by atoms with Crippen molar-refractivity contribution >= 4 is 17.7 Å². The molecule has 7 nitrogen and oxygen atoms in total. The Morgan fingerprint density at radius 1 is 1.00 bits per heavy atom. The molecule has 0 fully saturated rings. The van der Waals surface area contributed by atoms with Gasteiger partial charge < -0.3 is 9.73 Å². The summed E-state index contributed by atoms with van der Waals surface area (Å²) in [5.74, 6) is -4.61. The number of carbonyl (C=O) groups excluding carboxylic acids is 3. The molecule has 1 aromatic heterocycles. The van der Waals surface area contributed by atoms with Crippen LogP contribution in [0.25, 0.3) is 0 Å². The summed E-state index contributed by atoms with van der Waals surface area (Å²) in [6.07, 6.45) is 1.40. The van der Waals surface area contributed by atoms with Gasteiger partial charge in [-0.2, -0.15) is 0 Å². The Balaban J connectivity index is 1.83. The number of carbonyl (C=O) groups is 3. The van der Waals surface area contributed by atoms with E-state index in [1.165, 1.54) is 6.26 Å². The molecule has 0 bridgehead atoms. The van der Waals surface area contributed by atoms with E-state index in [1.807, 2.05) is 10.9 Å². The second-order valence-corrected chi connectivity index (χ2v) is 4.33. The van der Waals surface area contributed by atoms with E-state index in [2.05, 4.69) is 5.32 Å². The lowest BCUT2D eigenvalue weighted by Gasteiger charge is -2.07. The zero-order valence-corrected chi connectivity index (χ0v) is 11.6. The molecular formula is C14H11F2N3O4. The first-order chi connectivity index (χ1) is 11.0. The van der Waals surface area contributed by atoms with Crippen molar-refractivity contribution in [2.45, 2.75) is 6.54 Å². The van der Waals surface area contributed by atoms with E-state index in [4.69, 9.17) is 4.42 Å². The predicted octanol–water partition coefficient (Wildman–Crippen LogP) is 0.635. The summed E-state index contributed by atoms with van der Waals surface area (Å²) in [5.41, 5.74) is 3.35. The molecule has 3 amide bonds. The van der Waals surface area contributed by atoms with Gasteiger partial charge in [0.15, 0.2) is 0 Å². The molecule has 0 radical (unpaired) electrons. The molecular weight excluding hydrogens is 312 g/mol. The Morgan fingerprint density at radius 3 is 2.30 bits per heavy atom. The maximum atomic E-state index is 13.0. The summed E-state index contributed by atoms with van der Waals surface area (Å²) in [4.78, 5) is 34.5. The van der Waals surface area contributed by atoms with E-state index in [0.29, 0.717) is 11.8 Å². The fourth-order valence-electron chi connectivity index (χ4n) is 1.59. The minimum absolute atomic E-state index is 0.0116. The predicted molar refractivity (Wildman–Crippen MR) is 72.5 cm³/mol. The number of hydrogen-bond acceptors (Lipinski definition) is 4. The number of hydrogen-bond donors (Lipinski definition) is 3. The highest BCUT2D eigenvalue weighted by molar-refractivity contribution is 6.35. The highest BCUT2D eigenvalue weighted by Crippen LogP contribution is 2.07. The van der Waals surface area contributed by atoms with Crippen LogP contribution in [0.2, 0.25) is 0 Å². The van der Waals surface area contributed by atoms with E-state index in [9.17, 15) is 23.2 Å². The molecule has 0 spiro atoms. The first-order valence-electron chi connectivity index (χ1n) is 6.32. The number of benzene rings is 1. The lowest BCUT2D eigenvalue weighted by molar-refractivity contribution is -0.139. The van der Waals surface area contributed by atoms with Gasteiger partial charge >= 0.3 is 11.8 Å². The first-order valence-corrected chi connectivity index (χ1v) is 6.32. The quantitative estimate of drug-likeness (QED) is 0.570. The van der Waals surface area contributed by atoms with Crippen molar-refractivity contribution in [3.05, 3.63) is 59.6 Å². The fourth-order valence-corrected chi connectivity index (χ4v) is 1.59. The molecule has 0 saturated carbocycles. The molecule has 1 heterocycles.